The van der Waals surface area contributed by atoms with E-state index < -0.39 is 0 Å². The fraction of sp³-hybridized carbons (Fsp3) is 0.0952. The van der Waals surface area contributed by atoms with E-state index in [4.69, 9.17) is 5.10 Å². The summed E-state index contributed by atoms with van der Waals surface area (Å²) >= 11 is 3.56. The highest BCUT2D eigenvalue weighted by atomic mass is 79.9. The minimum absolute atomic E-state index is 0.957. The number of nitrogens with zero attached hydrogens (tertiary/aromatic N) is 2. The number of fused-ring (bicyclic) bond motifs is 2. The molecule has 0 aliphatic carbocycles. The Labute approximate surface area is 154 Å². The van der Waals surface area contributed by atoms with Crippen molar-refractivity contribution >= 4 is 32.5 Å². The van der Waals surface area contributed by atoms with Gasteiger partial charge in [-0.1, -0.05) is 64.5 Å². The SMILES string of the molecule is Brc1cccc(-n2nc(-c3cccc4ccccc34)c3c2NCC3)c1. The molecule has 3 nitrogen and oxygen atoms in total. The van der Waals surface area contributed by atoms with E-state index in [9.17, 15) is 0 Å². The van der Waals surface area contributed by atoms with Crippen LogP contribution in [0.1, 0.15) is 5.56 Å². The van der Waals surface area contributed by atoms with Gasteiger partial charge in [-0.2, -0.15) is 5.10 Å². The molecule has 0 spiro atoms. The highest BCUT2D eigenvalue weighted by molar-refractivity contribution is 9.10. The second kappa shape index (κ2) is 5.74. The molecule has 0 saturated carbocycles. The molecule has 0 bridgehead atoms. The van der Waals surface area contributed by atoms with Crippen LogP contribution in [0, 0.1) is 0 Å². The molecule has 122 valence electrons. The molecule has 1 N–H and O–H groups in total. The molecule has 0 atom stereocenters. The number of hydrogen-bond donors (Lipinski definition) is 1. The van der Waals surface area contributed by atoms with E-state index in [1.165, 1.54) is 21.9 Å². The smallest absolute Gasteiger partial charge is 0.133 e. The molecule has 4 heteroatoms. The van der Waals surface area contributed by atoms with Gasteiger partial charge in [0.1, 0.15) is 5.82 Å². The van der Waals surface area contributed by atoms with Gasteiger partial charge in [-0.25, -0.2) is 4.68 Å². The van der Waals surface area contributed by atoms with E-state index in [0.29, 0.717) is 0 Å². The van der Waals surface area contributed by atoms with E-state index in [1.54, 1.807) is 0 Å². The summed E-state index contributed by atoms with van der Waals surface area (Å²) in [6, 6.07) is 23.2. The van der Waals surface area contributed by atoms with Crippen LogP contribution in [0.15, 0.2) is 71.2 Å². The minimum Gasteiger partial charge on any atom is -0.369 e. The van der Waals surface area contributed by atoms with Gasteiger partial charge in [0.15, 0.2) is 0 Å². The molecule has 0 fully saturated rings. The second-order valence-electron chi connectivity index (χ2n) is 6.27. The van der Waals surface area contributed by atoms with Crippen LogP contribution < -0.4 is 5.32 Å². The largest absolute Gasteiger partial charge is 0.369 e. The quantitative estimate of drug-likeness (QED) is 0.495. The summed E-state index contributed by atoms with van der Waals surface area (Å²) in [6.07, 6.45) is 1.00. The van der Waals surface area contributed by atoms with Crippen LogP contribution in [0.2, 0.25) is 0 Å². The van der Waals surface area contributed by atoms with Gasteiger partial charge in [0.25, 0.3) is 0 Å². The van der Waals surface area contributed by atoms with Gasteiger partial charge in [0, 0.05) is 22.1 Å². The molecule has 0 unspecified atom stereocenters. The van der Waals surface area contributed by atoms with Crippen LogP contribution in [-0.2, 0) is 6.42 Å². The molecule has 1 aliphatic rings. The molecule has 1 aliphatic heterocycles. The molecular formula is C21H16BrN3. The van der Waals surface area contributed by atoms with E-state index in [-0.39, 0.29) is 0 Å². The van der Waals surface area contributed by atoms with E-state index in [0.717, 1.165) is 34.6 Å². The lowest BCUT2D eigenvalue weighted by Gasteiger charge is -2.07. The lowest BCUT2D eigenvalue weighted by Crippen LogP contribution is -2.04. The topological polar surface area (TPSA) is 29.9 Å². The van der Waals surface area contributed by atoms with Gasteiger partial charge in [-0.15, -0.1) is 0 Å². The van der Waals surface area contributed by atoms with Crippen molar-refractivity contribution < 1.29 is 0 Å². The number of aromatic nitrogens is 2. The van der Waals surface area contributed by atoms with Gasteiger partial charge in [-0.05, 0) is 35.4 Å². The molecule has 3 aromatic carbocycles. The summed E-state index contributed by atoms with van der Waals surface area (Å²) in [5, 5.41) is 11.0. The second-order valence-corrected chi connectivity index (χ2v) is 7.19. The maximum Gasteiger partial charge on any atom is 0.133 e. The van der Waals surface area contributed by atoms with Crippen molar-refractivity contribution in [2.24, 2.45) is 0 Å². The van der Waals surface area contributed by atoms with Gasteiger partial charge >= 0.3 is 0 Å². The molecule has 4 aromatic rings. The summed E-state index contributed by atoms with van der Waals surface area (Å²) in [4.78, 5) is 0. The summed E-state index contributed by atoms with van der Waals surface area (Å²) in [5.74, 6) is 1.11. The average Bonchev–Trinajstić information content (AvgIpc) is 3.24. The highest BCUT2D eigenvalue weighted by Crippen LogP contribution is 2.37. The average molecular weight is 390 g/mol. The van der Waals surface area contributed by atoms with E-state index >= 15 is 0 Å². The number of nitrogens with one attached hydrogen (secondary N) is 1. The lowest BCUT2D eigenvalue weighted by atomic mass is 9.99. The Morgan fingerprint density at radius 1 is 0.960 bits per heavy atom. The molecule has 5 rings (SSSR count). The molecule has 0 saturated heterocycles. The molecular weight excluding hydrogens is 374 g/mol. The molecule has 2 heterocycles. The Balaban J connectivity index is 1.77. The molecule has 25 heavy (non-hydrogen) atoms. The Morgan fingerprint density at radius 3 is 2.72 bits per heavy atom. The highest BCUT2D eigenvalue weighted by Gasteiger charge is 2.24. The Kier molecular flexibility index (Phi) is 3.38. The van der Waals surface area contributed by atoms with Gasteiger partial charge < -0.3 is 5.32 Å². The van der Waals surface area contributed by atoms with Crippen LogP contribution in [0.25, 0.3) is 27.7 Å². The first-order valence-corrected chi connectivity index (χ1v) is 9.20. The number of halogens is 1. The number of benzene rings is 3. The number of anilines is 1. The first-order chi connectivity index (χ1) is 12.3. The fourth-order valence-electron chi connectivity index (χ4n) is 3.62. The minimum atomic E-state index is 0.957. The number of rotatable bonds is 2. The Morgan fingerprint density at radius 2 is 1.80 bits per heavy atom. The Bertz CT molecular complexity index is 1090. The van der Waals surface area contributed by atoms with Crippen molar-refractivity contribution in [2.75, 3.05) is 11.9 Å². The van der Waals surface area contributed by atoms with Crippen molar-refractivity contribution in [3.8, 4) is 16.9 Å². The van der Waals surface area contributed by atoms with Crippen molar-refractivity contribution in [2.45, 2.75) is 6.42 Å². The zero-order valence-corrected chi connectivity index (χ0v) is 15.1. The molecule has 0 radical (unpaired) electrons. The first-order valence-electron chi connectivity index (χ1n) is 8.41. The van der Waals surface area contributed by atoms with Crippen molar-refractivity contribution in [1.82, 2.24) is 9.78 Å². The molecule has 1 aromatic heterocycles. The third kappa shape index (κ3) is 2.36. The van der Waals surface area contributed by atoms with Gasteiger partial charge in [0.2, 0.25) is 0 Å². The Hall–Kier alpha value is -2.59. The van der Waals surface area contributed by atoms with Crippen LogP contribution in [0.5, 0.6) is 0 Å². The normalized spacial score (nSPS) is 13.0. The molecule has 0 amide bonds. The van der Waals surface area contributed by atoms with Crippen LogP contribution in [-0.4, -0.2) is 16.3 Å². The third-order valence-corrected chi connectivity index (χ3v) is 5.24. The van der Waals surface area contributed by atoms with Crippen LogP contribution >= 0.6 is 15.9 Å². The van der Waals surface area contributed by atoms with Crippen molar-refractivity contribution in [3.05, 3.63) is 76.8 Å². The zero-order chi connectivity index (χ0) is 16.8. The van der Waals surface area contributed by atoms with Crippen molar-refractivity contribution in [3.63, 3.8) is 0 Å². The first kappa shape index (κ1) is 14.7. The standard InChI is InChI=1S/C21H16BrN3/c22-15-7-4-8-16(13-15)25-21-19(11-12-23-21)20(24-25)18-10-3-6-14-5-1-2-9-17(14)18/h1-10,13,23H,11-12H2. The van der Waals surface area contributed by atoms with E-state index in [2.05, 4.69) is 75.8 Å². The fourth-order valence-corrected chi connectivity index (χ4v) is 4.00. The predicted molar refractivity (Wildman–Crippen MR) is 106 cm³/mol. The summed E-state index contributed by atoms with van der Waals surface area (Å²) in [7, 11) is 0. The summed E-state index contributed by atoms with van der Waals surface area (Å²) < 4.78 is 3.09. The van der Waals surface area contributed by atoms with Crippen LogP contribution in [0.4, 0.5) is 5.82 Å². The maximum atomic E-state index is 5.00. The van der Waals surface area contributed by atoms with Crippen LogP contribution in [0.3, 0.4) is 0 Å². The predicted octanol–water partition coefficient (Wildman–Crippen LogP) is 5.42. The van der Waals surface area contributed by atoms with Gasteiger partial charge in [0.05, 0.1) is 11.4 Å². The summed E-state index contributed by atoms with van der Waals surface area (Å²) in [6.45, 7) is 0.957. The zero-order valence-electron chi connectivity index (χ0n) is 13.5. The monoisotopic (exact) mass is 389 g/mol. The third-order valence-electron chi connectivity index (χ3n) is 4.75. The number of hydrogen-bond acceptors (Lipinski definition) is 2. The van der Waals surface area contributed by atoms with E-state index in [1.807, 2.05) is 16.8 Å². The van der Waals surface area contributed by atoms with Crippen molar-refractivity contribution in [1.29, 1.82) is 0 Å². The maximum absolute atomic E-state index is 5.00. The lowest BCUT2D eigenvalue weighted by molar-refractivity contribution is 0.882. The van der Waals surface area contributed by atoms with Gasteiger partial charge in [-0.3, -0.25) is 0 Å². The summed E-state index contributed by atoms with van der Waals surface area (Å²) in [5.41, 5.74) is 4.64.